The Labute approximate surface area is 45.9 Å². The van der Waals surface area contributed by atoms with E-state index in [0.717, 1.165) is 12.8 Å². The van der Waals surface area contributed by atoms with Crippen LogP contribution in [0.3, 0.4) is 0 Å². The van der Waals surface area contributed by atoms with Crippen molar-refractivity contribution >= 4 is 0 Å². The summed E-state index contributed by atoms with van der Waals surface area (Å²) in [7, 11) is 0. The molecule has 0 N–H and O–H groups in total. The van der Waals surface area contributed by atoms with Crippen LogP contribution in [0.2, 0.25) is 0 Å². The molecule has 39 valence electrons. The molecule has 0 rings (SSSR count). The fraction of sp³-hybridized carbons (Fsp3) is 0.714. The average Bonchev–Trinajstić information content (AvgIpc) is 1.68. The van der Waals surface area contributed by atoms with Crippen LogP contribution >= 0.6 is 0 Å². The Morgan fingerprint density at radius 1 is 1.71 bits per heavy atom. The van der Waals surface area contributed by atoms with Crippen molar-refractivity contribution in [2.75, 3.05) is 0 Å². The van der Waals surface area contributed by atoms with Crippen LogP contribution in [-0.2, 0) is 0 Å². The molecule has 0 aliphatic heterocycles. The van der Waals surface area contributed by atoms with Crippen LogP contribution in [-0.4, -0.2) is 0 Å². The van der Waals surface area contributed by atoms with Crippen molar-refractivity contribution in [3.8, 4) is 5.92 Å². The van der Waals surface area contributed by atoms with E-state index in [-0.39, 0.29) is 0 Å². The molecular weight excluding hydrogens is 84.1 g/mol. The summed E-state index contributed by atoms with van der Waals surface area (Å²) in [5.74, 6) is 3.02. The second kappa shape index (κ2) is 3.74. The highest BCUT2D eigenvalue weighted by Gasteiger charge is 1.91. The predicted octanol–water partition coefficient (Wildman–Crippen LogP) is 2.01. The summed E-state index contributed by atoms with van der Waals surface area (Å²) in [6.45, 7) is 4.25. The van der Waals surface area contributed by atoms with Crippen LogP contribution in [0.4, 0.5) is 0 Å². The van der Waals surface area contributed by atoms with E-state index in [2.05, 4.69) is 19.8 Å². The van der Waals surface area contributed by atoms with Gasteiger partial charge in [-0.3, -0.25) is 0 Å². The van der Waals surface area contributed by atoms with Gasteiger partial charge in [-0.2, -0.15) is 0 Å². The largest absolute Gasteiger partial charge is 0.0888 e. The van der Waals surface area contributed by atoms with E-state index >= 15 is 0 Å². The van der Waals surface area contributed by atoms with Crippen molar-refractivity contribution in [3.05, 3.63) is 6.42 Å². The zero-order chi connectivity index (χ0) is 5.70. The lowest BCUT2D eigenvalue weighted by molar-refractivity contribution is 0.580. The summed E-state index contributed by atoms with van der Waals surface area (Å²) >= 11 is 0. The van der Waals surface area contributed by atoms with Gasteiger partial charge in [-0.05, 0) is 12.3 Å². The highest BCUT2D eigenvalue weighted by Crippen LogP contribution is 2.03. The molecule has 0 aromatic heterocycles. The zero-order valence-electron chi connectivity index (χ0n) is 4.99. The van der Waals surface area contributed by atoms with E-state index in [1.54, 1.807) is 0 Å². The Morgan fingerprint density at radius 3 is 2.43 bits per heavy atom. The van der Waals surface area contributed by atoms with Crippen molar-refractivity contribution in [2.45, 2.75) is 26.7 Å². The minimum Gasteiger partial charge on any atom is -0.0888 e. The van der Waals surface area contributed by atoms with E-state index in [1.807, 2.05) is 0 Å². The van der Waals surface area contributed by atoms with Gasteiger partial charge in [0.05, 0.1) is 0 Å². The first-order valence-electron chi connectivity index (χ1n) is 2.70. The number of hydrogen-bond acceptors (Lipinski definition) is 0. The molecule has 0 heteroatoms. The average molecular weight is 95.2 g/mol. The molecular formula is C7H11. The molecule has 0 nitrogen and oxygen atoms in total. The molecule has 0 aliphatic carbocycles. The van der Waals surface area contributed by atoms with Gasteiger partial charge >= 0.3 is 0 Å². The molecule has 0 aromatic rings. The second-order valence-corrected chi connectivity index (χ2v) is 1.89. The molecule has 1 unspecified atom stereocenters. The minimum absolute atomic E-state index is 0.650. The monoisotopic (exact) mass is 95.1 g/mol. The molecule has 1 radical (unpaired) electrons. The normalized spacial score (nSPS) is 12.7. The first-order valence-corrected chi connectivity index (χ1v) is 2.70. The fourth-order valence-corrected chi connectivity index (χ4v) is 0.319. The minimum atomic E-state index is 0.650. The predicted molar refractivity (Wildman–Crippen MR) is 31.2 cm³/mol. The maximum atomic E-state index is 6.59. The quantitative estimate of drug-likeness (QED) is 0.460. The molecule has 0 spiro atoms. The molecule has 0 amide bonds. The smallest absolute Gasteiger partial charge is 0.0125 e. The molecule has 0 fully saturated rings. The third kappa shape index (κ3) is 3.39. The third-order valence-corrected chi connectivity index (χ3v) is 1.15. The summed E-state index contributed by atoms with van der Waals surface area (Å²) in [5.41, 5.74) is 0. The van der Waals surface area contributed by atoms with Gasteiger partial charge in [0.15, 0.2) is 0 Å². The molecule has 0 saturated heterocycles. The van der Waals surface area contributed by atoms with Crippen LogP contribution in [0, 0.1) is 18.3 Å². The van der Waals surface area contributed by atoms with Gasteiger partial charge in [-0.1, -0.05) is 26.2 Å². The molecule has 0 saturated carbocycles. The van der Waals surface area contributed by atoms with Gasteiger partial charge in [0.25, 0.3) is 0 Å². The van der Waals surface area contributed by atoms with Gasteiger partial charge in [0.1, 0.15) is 0 Å². The van der Waals surface area contributed by atoms with Gasteiger partial charge in [-0.25, -0.2) is 0 Å². The lowest BCUT2D eigenvalue weighted by Crippen LogP contribution is -1.86. The van der Waals surface area contributed by atoms with Crippen molar-refractivity contribution in [2.24, 2.45) is 5.92 Å². The summed E-state index contributed by atoms with van der Waals surface area (Å²) in [6.07, 6.45) is 8.56. The Kier molecular flexibility index (Phi) is 3.50. The first kappa shape index (κ1) is 6.56. The van der Waals surface area contributed by atoms with Crippen LogP contribution in [0.5, 0.6) is 0 Å². The maximum absolute atomic E-state index is 6.59. The maximum Gasteiger partial charge on any atom is 0.0125 e. The number of hydrogen-bond donors (Lipinski definition) is 0. The standard InChI is InChI=1S/C7H11/c1-4-6-7(3)5-2/h7H,5-6H2,2-3H3. The molecule has 0 aliphatic rings. The van der Waals surface area contributed by atoms with Gasteiger partial charge in [0, 0.05) is 6.42 Å². The second-order valence-electron chi connectivity index (χ2n) is 1.89. The third-order valence-electron chi connectivity index (χ3n) is 1.15. The topological polar surface area (TPSA) is 0 Å². The SMILES string of the molecule is [C]#CCC(C)CC. The number of rotatable bonds is 2. The van der Waals surface area contributed by atoms with Gasteiger partial charge < -0.3 is 0 Å². The summed E-state index contributed by atoms with van der Waals surface area (Å²) in [6, 6.07) is 0. The molecule has 7 heavy (non-hydrogen) atoms. The molecule has 0 bridgehead atoms. The Bertz CT molecular complexity index is 66.6. The molecule has 1 atom stereocenters. The Hall–Kier alpha value is -0.440. The summed E-state index contributed by atoms with van der Waals surface area (Å²) in [4.78, 5) is 0. The van der Waals surface area contributed by atoms with Crippen molar-refractivity contribution in [3.63, 3.8) is 0 Å². The highest BCUT2D eigenvalue weighted by atomic mass is 14.0. The van der Waals surface area contributed by atoms with Crippen LogP contribution < -0.4 is 0 Å². The van der Waals surface area contributed by atoms with Crippen LogP contribution in [0.15, 0.2) is 0 Å². The lowest BCUT2D eigenvalue weighted by atomic mass is 10.1. The lowest BCUT2D eigenvalue weighted by Gasteiger charge is -1.98. The van der Waals surface area contributed by atoms with Crippen molar-refractivity contribution < 1.29 is 0 Å². The Balaban J connectivity index is 3.03. The van der Waals surface area contributed by atoms with Gasteiger partial charge in [-0.15, -0.1) is 0 Å². The van der Waals surface area contributed by atoms with E-state index in [1.165, 1.54) is 0 Å². The molecule has 0 aromatic carbocycles. The van der Waals surface area contributed by atoms with Crippen LogP contribution in [0.25, 0.3) is 0 Å². The highest BCUT2D eigenvalue weighted by molar-refractivity contribution is 4.77. The van der Waals surface area contributed by atoms with E-state index in [4.69, 9.17) is 6.42 Å². The summed E-state index contributed by atoms with van der Waals surface area (Å²) < 4.78 is 0. The molecule has 0 heterocycles. The van der Waals surface area contributed by atoms with Crippen LogP contribution in [0.1, 0.15) is 26.7 Å². The first-order chi connectivity index (χ1) is 3.31. The van der Waals surface area contributed by atoms with E-state index in [9.17, 15) is 0 Å². The van der Waals surface area contributed by atoms with Crippen molar-refractivity contribution in [1.82, 2.24) is 0 Å². The van der Waals surface area contributed by atoms with Crippen molar-refractivity contribution in [1.29, 1.82) is 0 Å². The zero-order valence-corrected chi connectivity index (χ0v) is 4.99. The fourth-order valence-electron chi connectivity index (χ4n) is 0.319. The van der Waals surface area contributed by atoms with E-state index < -0.39 is 0 Å². The van der Waals surface area contributed by atoms with E-state index in [0.29, 0.717) is 5.92 Å². The Morgan fingerprint density at radius 2 is 2.29 bits per heavy atom. The summed E-state index contributed by atoms with van der Waals surface area (Å²) in [5, 5.41) is 0. The van der Waals surface area contributed by atoms with Gasteiger partial charge in [0.2, 0.25) is 0 Å².